The van der Waals surface area contributed by atoms with Crippen molar-refractivity contribution in [3.05, 3.63) is 39.9 Å². The maximum Gasteiger partial charge on any atom is 0.307 e. The first-order valence-corrected chi connectivity index (χ1v) is 8.43. The molecule has 0 spiro atoms. The number of hydrogen-bond donors (Lipinski definition) is 1. The third-order valence-corrected chi connectivity index (χ3v) is 4.63. The monoisotopic (exact) mass is 362 g/mol. The summed E-state index contributed by atoms with van der Waals surface area (Å²) >= 11 is 0. The van der Waals surface area contributed by atoms with Crippen molar-refractivity contribution >= 4 is 23.3 Å². The number of ketones is 1. The number of esters is 1. The standard InChI is InChI=1S/C18H22N2O6/c1-11-3-5-13(6-4-11)19-17(22)10-26-18(23)8-14-15(9-20(24)25)12(2)7-16(14)21/h3-6,12,14-15H,7-10H2,1-2H3,(H,19,22)/t12-,14-,15+/m1/s1. The van der Waals surface area contributed by atoms with Crippen LogP contribution in [0.1, 0.15) is 25.3 Å². The summed E-state index contributed by atoms with van der Waals surface area (Å²) < 4.78 is 4.93. The number of hydrogen-bond acceptors (Lipinski definition) is 6. The van der Waals surface area contributed by atoms with Gasteiger partial charge in [-0.25, -0.2) is 0 Å². The van der Waals surface area contributed by atoms with Crippen LogP contribution in [-0.4, -0.2) is 35.7 Å². The van der Waals surface area contributed by atoms with E-state index in [0.717, 1.165) is 5.56 Å². The summed E-state index contributed by atoms with van der Waals surface area (Å²) in [6.45, 7) is 2.87. The SMILES string of the molecule is Cc1ccc(NC(=O)COC(=O)C[C@H]2C(=O)C[C@@H](C)[C@@H]2C[N+](=O)[O-])cc1. The van der Waals surface area contributed by atoms with Gasteiger partial charge in [-0.05, 0) is 25.0 Å². The zero-order valence-electron chi connectivity index (χ0n) is 14.8. The number of carbonyl (C=O) groups excluding carboxylic acids is 3. The molecule has 1 amide bonds. The van der Waals surface area contributed by atoms with Crippen LogP contribution in [0.3, 0.4) is 0 Å². The van der Waals surface area contributed by atoms with E-state index in [0.29, 0.717) is 5.69 Å². The van der Waals surface area contributed by atoms with E-state index in [-0.39, 0.29) is 31.1 Å². The Kier molecular flexibility index (Phi) is 6.43. The van der Waals surface area contributed by atoms with Gasteiger partial charge in [0.1, 0.15) is 5.78 Å². The van der Waals surface area contributed by atoms with E-state index < -0.39 is 35.2 Å². The average Bonchev–Trinajstić information content (AvgIpc) is 2.81. The number of Topliss-reactive ketones (excluding diaryl/α,β-unsaturated/α-hetero) is 1. The van der Waals surface area contributed by atoms with E-state index in [4.69, 9.17) is 4.74 Å². The van der Waals surface area contributed by atoms with E-state index >= 15 is 0 Å². The van der Waals surface area contributed by atoms with Gasteiger partial charge in [0.25, 0.3) is 5.91 Å². The van der Waals surface area contributed by atoms with Gasteiger partial charge in [-0.1, -0.05) is 24.6 Å². The lowest BCUT2D eigenvalue weighted by Crippen LogP contribution is -2.28. The molecule has 0 aliphatic heterocycles. The van der Waals surface area contributed by atoms with Crippen LogP contribution in [0.2, 0.25) is 0 Å². The highest BCUT2D eigenvalue weighted by Crippen LogP contribution is 2.36. The minimum atomic E-state index is -0.719. The van der Waals surface area contributed by atoms with Gasteiger partial charge in [-0.2, -0.15) is 0 Å². The van der Waals surface area contributed by atoms with Gasteiger partial charge in [0.05, 0.1) is 6.42 Å². The largest absolute Gasteiger partial charge is 0.456 e. The van der Waals surface area contributed by atoms with Crippen LogP contribution in [0.15, 0.2) is 24.3 Å². The fraction of sp³-hybridized carbons (Fsp3) is 0.500. The fourth-order valence-corrected chi connectivity index (χ4v) is 3.22. The Morgan fingerprint density at radius 1 is 1.31 bits per heavy atom. The first kappa shape index (κ1) is 19.6. The molecule has 0 heterocycles. The lowest BCUT2D eigenvalue weighted by molar-refractivity contribution is -0.490. The Bertz CT molecular complexity index is 700. The number of nitrogens with zero attached hydrogens (tertiary/aromatic N) is 1. The molecule has 1 saturated carbocycles. The van der Waals surface area contributed by atoms with Gasteiger partial charge in [0, 0.05) is 28.9 Å². The Labute approximate surface area is 151 Å². The summed E-state index contributed by atoms with van der Waals surface area (Å²) in [4.78, 5) is 46.1. The Hall–Kier alpha value is -2.77. The predicted octanol–water partition coefficient (Wildman–Crippen LogP) is 1.98. The molecule has 3 atom stereocenters. The lowest BCUT2D eigenvalue weighted by Gasteiger charge is -2.17. The molecule has 0 aromatic heterocycles. The molecule has 140 valence electrons. The molecule has 1 N–H and O–H groups in total. The molecule has 1 aromatic carbocycles. The molecule has 1 aliphatic rings. The second-order valence-corrected chi connectivity index (χ2v) is 6.71. The van der Waals surface area contributed by atoms with Gasteiger partial charge < -0.3 is 10.1 Å². The van der Waals surface area contributed by atoms with Gasteiger partial charge in [0.2, 0.25) is 6.54 Å². The number of nitrogens with one attached hydrogen (secondary N) is 1. The molecule has 2 rings (SSSR count). The van der Waals surface area contributed by atoms with E-state index in [1.54, 1.807) is 19.1 Å². The van der Waals surface area contributed by atoms with Crippen molar-refractivity contribution in [2.24, 2.45) is 17.8 Å². The Balaban J connectivity index is 1.83. The molecule has 0 saturated heterocycles. The smallest absolute Gasteiger partial charge is 0.307 e. The van der Waals surface area contributed by atoms with Gasteiger partial charge >= 0.3 is 5.97 Å². The summed E-state index contributed by atoms with van der Waals surface area (Å²) in [5.41, 5.74) is 1.64. The molecule has 8 nitrogen and oxygen atoms in total. The Morgan fingerprint density at radius 2 is 1.96 bits per heavy atom. The second kappa shape index (κ2) is 8.55. The molecule has 26 heavy (non-hydrogen) atoms. The zero-order valence-corrected chi connectivity index (χ0v) is 14.8. The molecule has 0 radical (unpaired) electrons. The molecular weight excluding hydrogens is 340 g/mol. The second-order valence-electron chi connectivity index (χ2n) is 6.71. The van der Waals surface area contributed by atoms with Crippen molar-refractivity contribution in [2.75, 3.05) is 18.5 Å². The average molecular weight is 362 g/mol. The van der Waals surface area contributed by atoms with Crippen LogP contribution >= 0.6 is 0 Å². The fourth-order valence-electron chi connectivity index (χ4n) is 3.22. The number of aryl methyl sites for hydroxylation is 1. The van der Waals surface area contributed by atoms with Crippen molar-refractivity contribution in [1.82, 2.24) is 0 Å². The normalized spacial score (nSPS) is 22.1. The molecule has 1 fully saturated rings. The summed E-state index contributed by atoms with van der Waals surface area (Å²) in [5, 5.41) is 13.4. The highest BCUT2D eigenvalue weighted by atomic mass is 16.6. The Morgan fingerprint density at radius 3 is 2.58 bits per heavy atom. The zero-order chi connectivity index (χ0) is 19.3. The number of amides is 1. The van der Waals surface area contributed by atoms with Crippen LogP contribution in [0, 0.1) is 34.8 Å². The van der Waals surface area contributed by atoms with Gasteiger partial charge in [-0.3, -0.25) is 24.5 Å². The van der Waals surface area contributed by atoms with Gasteiger partial charge in [0.15, 0.2) is 6.61 Å². The van der Waals surface area contributed by atoms with Crippen molar-refractivity contribution in [1.29, 1.82) is 0 Å². The van der Waals surface area contributed by atoms with E-state index in [1.165, 1.54) is 0 Å². The maximum atomic E-state index is 12.0. The summed E-state index contributed by atoms with van der Waals surface area (Å²) in [5.74, 6) is -2.70. The van der Waals surface area contributed by atoms with Crippen LogP contribution < -0.4 is 5.32 Å². The number of ether oxygens (including phenoxy) is 1. The summed E-state index contributed by atoms with van der Waals surface area (Å²) in [6.07, 6.45) is -0.0101. The number of carbonyl (C=O) groups is 3. The molecule has 1 aromatic rings. The molecular formula is C18H22N2O6. The van der Waals surface area contributed by atoms with Crippen LogP contribution in [0.25, 0.3) is 0 Å². The highest BCUT2D eigenvalue weighted by molar-refractivity contribution is 5.93. The quantitative estimate of drug-likeness (QED) is 0.450. The van der Waals surface area contributed by atoms with Crippen molar-refractivity contribution in [3.8, 4) is 0 Å². The van der Waals surface area contributed by atoms with Crippen LogP contribution in [0.5, 0.6) is 0 Å². The number of benzene rings is 1. The third kappa shape index (κ3) is 5.37. The number of rotatable bonds is 7. The number of anilines is 1. The summed E-state index contributed by atoms with van der Waals surface area (Å²) in [6, 6.07) is 7.14. The topological polar surface area (TPSA) is 116 Å². The summed E-state index contributed by atoms with van der Waals surface area (Å²) in [7, 11) is 0. The predicted molar refractivity (Wildman–Crippen MR) is 93.0 cm³/mol. The number of nitro groups is 1. The van der Waals surface area contributed by atoms with Crippen molar-refractivity contribution in [2.45, 2.75) is 26.7 Å². The third-order valence-electron chi connectivity index (χ3n) is 4.63. The maximum absolute atomic E-state index is 12.0. The highest BCUT2D eigenvalue weighted by Gasteiger charge is 2.44. The minimum Gasteiger partial charge on any atom is -0.456 e. The van der Waals surface area contributed by atoms with Crippen molar-refractivity contribution < 1.29 is 24.0 Å². The lowest BCUT2D eigenvalue weighted by atomic mass is 9.88. The van der Waals surface area contributed by atoms with Crippen LogP contribution in [-0.2, 0) is 19.1 Å². The first-order valence-electron chi connectivity index (χ1n) is 8.43. The molecule has 1 aliphatic carbocycles. The van der Waals surface area contributed by atoms with Crippen molar-refractivity contribution in [3.63, 3.8) is 0 Å². The first-order chi connectivity index (χ1) is 12.3. The minimum absolute atomic E-state index is 0.143. The van der Waals surface area contributed by atoms with E-state index in [1.807, 2.05) is 19.1 Å². The van der Waals surface area contributed by atoms with E-state index in [9.17, 15) is 24.5 Å². The molecule has 0 bridgehead atoms. The molecule has 8 heteroatoms. The molecule has 0 unspecified atom stereocenters. The van der Waals surface area contributed by atoms with Gasteiger partial charge in [-0.15, -0.1) is 0 Å². The van der Waals surface area contributed by atoms with E-state index in [2.05, 4.69) is 5.32 Å². The van der Waals surface area contributed by atoms with Crippen LogP contribution in [0.4, 0.5) is 5.69 Å².